The van der Waals surface area contributed by atoms with Gasteiger partial charge in [0.25, 0.3) is 11.5 Å². The molecule has 1 aromatic heterocycles. The van der Waals surface area contributed by atoms with E-state index in [0.29, 0.717) is 37.3 Å². The normalized spacial score (nSPS) is 16.8. The van der Waals surface area contributed by atoms with Crippen LogP contribution < -0.4 is 5.56 Å². The predicted molar refractivity (Wildman–Crippen MR) is 108 cm³/mol. The molecule has 1 amide bonds. The summed E-state index contributed by atoms with van der Waals surface area (Å²) in [7, 11) is 1.77. The van der Waals surface area contributed by atoms with E-state index in [2.05, 4.69) is 4.98 Å². The van der Waals surface area contributed by atoms with Crippen molar-refractivity contribution in [2.24, 2.45) is 0 Å². The molecule has 0 saturated carbocycles. The number of likely N-dealkylation sites (N-methyl/N-ethyl adjacent to an activating group) is 1. The molecule has 4 rings (SSSR count). The zero-order chi connectivity index (χ0) is 19.5. The molecule has 1 unspecified atom stereocenters. The number of amides is 1. The van der Waals surface area contributed by atoms with Gasteiger partial charge < -0.3 is 19.4 Å². The molecule has 0 spiro atoms. The molecular formula is C22H22N2O4. The van der Waals surface area contributed by atoms with E-state index < -0.39 is 0 Å². The average Bonchev–Trinajstić information content (AvgIpc) is 2.74. The number of pyridine rings is 1. The van der Waals surface area contributed by atoms with Crippen LogP contribution >= 0.6 is 0 Å². The molecule has 1 N–H and O–H groups in total. The van der Waals surface area contributed by atoms with Gasteiger partial charge in [-0.15, -0.1) is 0 Å². The second kappa shape index (κ2) is 7.96. The van der Waals surface area contributed by atoms with Crippen molar-refractivity contribution in [3.8, 4) is 11.1 Å². The zero-order valence-electron chi connectivity index (χ0n) is 15.7. The van der Waals surface area contributed by atoms with E-state index in [-0.39, 0.29) is 17.6 Å². The highest BCUT2D eigenvalue weighted by Gasteiger charge is 2.20. The van der Waals surface area contributed by atoms with Gasteiger partial charge in [-0.1, -0.05) is 18.2 Å². The monoisotopic (exact) mass is 378 g/mol. The maximum atomic E-state index is 12.7. The van der Waals surface area contributed by atoms with Crippen molar-refractivity contribution >= 4 is 16.7 Å². The lowest BCUT2D eigenvalue weighted by Crippen LogP contribution is -2.40. The number of hydrogen-bond acceptors (Lipinski definition) is 4. The van der Waals surface area contributed by atoms with Crippen LogP contribution in [0, 0.1) is 0 Å². The van der Waals surface area contributed by atoms with Crippen LogP contribution in [0.1, 0.15) is 10.4 Å². The number of nitrogens with zero attached hydrogens (tertiary/aromatic N) is 1. The molecule has 3 aromatic rings. The third-order valence-electron chi connectivity index (χ3n) is 4.95. The van der Waals surface area contributed by atoms with E-state index in [1.165, 1.54) is 0 Å². The number of aromatic amines is 1. The highest BCUT2D eigenvalue weighted by molar-refractivity contribution is 5.95. The predicted octanol–water partition coefficient (Wildman–Crippen LogP) is 2.68. The number of benzene rings is 2. The van der Waals surface area contributed by atoms with Gasteiger partial charge in [0.2, 0.25) is 0 Å². The van der Waals surface area contributed by atoms with Crippen LogP contribution in [0.3, 0.4) is 0 Å². The Morgan fingerprint density at radius 2 is 1.89 bits per heavy atom. The molecule has 2 heterocycles. The number of ether oxygens (including phenoxy) is 2. The molecule has 28 heavy (non-hydrogen) atoms. The van der Waals surface area contributed by atoms with E-state index in [9.17, 15) is 9.59 Å². The Labute approximate surface area is 162 Å². The number of fused-ring (bicyclic) bond motifs is 1. The quantitative estimate of drug-likeness (QED) is 0.758. The molecule has 1 atom stereocenters. The number of aromatic nitrogens is 1. The molecule has 144 valence electrons. The van der Waals surface area contributed by atoms with Crippen LogP contribution in [0.2, 0.25) is 0 Å². The summed E-state index contributed by atoms with van der Waals surface area (Å²) in [6.07, 6.45) is 1.57. The van der Waals surface area contributed by atoms with E-state index >= 15 is 0 Å². The summed E-state index contributed by atoms with van der Waals surface area (Å²) in [6, 6.07) is 15.1. The fraction of sp³-hybridized carbons (Fsp3) is 0.273. The van der Waals surface area contributed by atoms with Crippen LogP contribution in [-0.2, 0) is 9.47 Å². The first-order valence-corrected chi connectivity index (χ1v) is 9.28. The summed E-state index contributed by atoms with van der Waals surface area (Å²) >= 11 is 0. The molecule has 1 fully saturated rings. The second-order valence-electron chi connectivity index (χ2n) is 6.94. The molecule has 1 aliphatic heterocycles. The number of hydrogen-bond donors (Lipinski definition) is 1. The van der Waals surface area contributed by atoms with Gasteiger partial charge in [0.05, 0.1) is 25.9 Å². The maximum Gasteiger partial charge on any atom is 0.255 e. The smallest absolute Gasteiger partial charge is 0.255 e. The van der Waals surface area contributed by atoms with Gasteiger partial charge in [0, 0.05) is 30.7 Å². The molecule has 6 heteroatoms. The highest BCUT2D eigenvalue weighted by Crippen LogP contribution is 2.23. The summed E-state index contributed by atoms with van der Waals surface area (Å²) in [5.41, 5.74) is 2.52. The molecule has 0 aliphatic carbocycles. The van der Waals surface area contributed by atoms with E-state index in [4.69, 9.17) is 9.47 Å². The largest absolute Gasteiger partial charge is 0.376 e. The van der Waals surface area contributed by atoms with Crippen LogP contribution in [-0.4, -0.2) is 55.3 Å². The molecule has 0 radical (unpaired) electrons. The first-order chi connectivity index (χ1) is 13.6. The molecule has 2 aromatic carbocycles. The molecule has 6 nitrogen and oxygen atoms in total. The van der Waals surface area contributed by atoms with Crippen molar-refractivity contribution in [1.29, 1.82) is 0 Å². The van der Waals surface area contributed by atoms with Gasteiger partial charge in [-0.05, 0) is 46.8 Å². The number of nitrogens with one attached hydrogen (secondary N) is 1. The Morgan fingerprint density at radius 3 is 2.64 bits per heavy atom. The average molecular weight is 378 g/mol. The van der Waals surface area contributed by atoms with E-state index in [0.717, 1.165) is 16.5 Å². The standard InChI is InChI=1S/C22H22N2O4/c1-24(13-19-14-27-10-11-28-19)22(26)16-4-2-15(3-5-16)17-6-7-20-18(12-17)8-9-23-21(20)25/h2-9,12,19H,10-11,13-14H2,1H3,(H,23,25). The van der Waals surface area contributed by atoms with Crippen molar-refractivity contribution < 1.29 is 14.3 Å². The van der Waals surface area contributed by atoms with Gasteiger partial charge in [-0.2, -0.15) is 0 Å². The van der Waals surface area contributed by atoms with Crippen molar-refractivity contribution in [3.05, 3.63) is 70.6 Å². The van der Waals surface area contributed by atoms with Crippen LogP contribution in [0.25, 0.3) is 21.9 Å². The summed E-state index contributed by atoms with van der Waals surface area (Å²) in [4.78, 5) is 28.9. The Morgan fingerprint density at radius 1 is 1.11 bits per heavy atom. The Hall–Kier alpha value is -2.96. The van der Waals surface area contributed by atoms with Gasteiger partial charge in [0.15, 0.2) is 0 Å². The van der Waals surface area contributed by atoms with Gasteiger partial charge in [-0.25, -0.2) is 0 Å². The summed E-state index contributed by atoms with van der Waals surface area (Å²) in [5.74, 6) is -0.0502. The van der Waals surface area contributed by atoms with E-state index in [1.807, 2.05) is 48.5 Å². The van der Waals surface area contributed by atoms with E-state index in [1.54, 1.807) is 18.1 Å². The third kappa shape index (κ3) is 3.83. The third-order valence-corrected chi connectivity index (χ3v) is 4.95. The number of rotatable bonds is 4. The van der Waals surface area contributed by atoms with Crippen LogP contribution in [0.5, 0.6) is 0 Å². The Balaban J connectivity index is 1.50. The van der Waals surface area contributed by atoms with Gasteiger partial charge in [-0.3, -0.25) is 9.59 Å². The van der Waals surface area contributed by atoms with Crippen LogP contribution in [0.15, 0.2) is 59.5 Å². The molecular weight excluding hydrogens is 356 g/mol. The molecule has 1 saturated heterocycles. The first kappa shape index (κ1) is 18.4. The Bertz CT molecular complexity index is 1040. The lowest BCUT2D eigenvalue weighted by atomic mass is 10.0. The van der Waals surface area contributed by atoms with Crippen LogP contribution in [0.4, 0.5) is 0 Å². The number of carbonyl (C=O) groups is 1. The zero-order valence-corrected chi connectivity index (χ0v) is 15.7. The topological polar surface area (TPSA) is 71.6 Å². The van der Waals surface area contributed by atoms with Gasteiger partial charge in [0.1, 0.15) is 0 Å². The van der Waals surface area contributed by atoms with Gasteiger partial charge >= 0.3 is 0 Å². The van der Waals surface area contributed by atoms with Crippen molar-refractivity contribution in [3.63, 3.8) is 0 Å². The number of carbonyl (C=O) groups excluding carboxylic acids is 1. The summed E-state index contributed by atoms with van der Waals surface area (Å²) < 4.78 is 11.0. The maximum absolute atomic E-state index is 12.7. The summed E-state index contributed by atoms with van der Waals surface area (Å²) in [6.45, 7) is 2.19. The SMILES string of the molecule is CN(CC1COCCO1)C(=O)c1ccc(-c2ccc3c(=O)[nH]ccc3c2)cc1. The minimum atomic E-state index is -0.0969. The fourth-order valence-corrected chi connectivity index (χ4v) is 3.43. The fourth-order valence-electron chi connectivity index (χ4n) is 3.43. The second-order valence-corrected chi connectivity index (χ2v) is 6.94. The highest BCUT2D eigenvalue weighted by atomic mass is 16.6. The van der Waals surface area contributed by atoms with Crippen molar-refractivity contribution in [2.75, 3.05) is 33.4 Å². The minimum absolute atomic E-state index is 0.0502. The first-order valence-electron chi connectivity index (χ1n) is 9.28. The lowest BCUT2D eigenvalue weighted by Gasteiger charge is -2.27. The van der Waals surface area contributed by atoms with Crippen molar-refractivity contribution in [1.82, 2.24) is 9.88 Å². The summed E-state index contributed by atoms with van der Waals surface area (Å²) in [5, 5.41) is 1.55. The minimum Gasteiger partial charge on any atom is -0.376 e. The number of H-pyrrole nitrogens is 1. The van der Waals surface area contributed by atoms with Crippen molar-refractivity contribution in [2.45, 2.75) is 6.10 Å². The molecule has 1 aliphatic rings. The molecule has 0 bridgehead atoms. The lowest BCUT2D eigenvalue weighted by molar-refractivity contribution is -0.0933. The Kier molecular flexibility index (Phi) is 5.23.